The molecule has 5 aromatic rings. The second kappa shape index (κ2) is 16.8. The zero-order chi connectivity index (χ0) is 40.0. The molecule has 3 amide bonds. The van der Waals surface area contributed by atoms with Crippen molar-refractivity contribution in [1.29, 1.82) is 5.26 Å². The molecule has 2 aliphatic rings. The number of unbranched alkanes of at least 4 members (excludes halogenated alkanes) is 3. The van der Waals surface area contributed by atoms with Crippen LogP contribution < -0.4 is 21.3 Å². The van der Waals surface area contributed by atoms with Crippen LogP contribution in [0, 0.1) is 11.3 Å². The zero-order valence-corrected chi connectivity index (χ0v) is 32.3. The number of nitrogens with one attached hydrogen (secondary N) is 5. The minimum absolute atomic E-state index is 0.0352. The molecule has 57 heavy (non-hydrogen) atoms. The van der Waals surface area contributed by atoms with Crippen LogP contribution in [0.2, 0.25) is 0 Å². The predicted octanol–water partition coefficient (Wildman–Crippen LogP) is 4.54. The number of hydrogen-bond donors (Lipinski definition) is 5. The van der Waals surface area contributed by atoms with Gasteiger partial charge in [0.15, 0.2) is 12.8 Å². The molecule has 0 aliphatic carbocycles. The molecule has 0 saturated carbocycles. The summed E-state index contributed by atoms with van der Waals surface area (Å²) >= 11 is 0. The van der Waals surface area contributed by atoms with Crippen molar-refractivity contribution >= 4 is 62.3 Å². The van der Waals surface area contributed by atoms with E-state index < -0.39 is 15.6 Å². The van der Waals surface area contributed by atoms with E-state index in [9.17, 15) is 28.1 Å². The summed E-state index contributed by atoms with van der Waals surface area (Å²) in [6.45, 7) is 3.09. The lowest BCUT2D eigenvalue weighted by molar-refractivity contribution is -0.418. The van der Waals surface area contributed by atoms with Gasteiger partial charge in [-0.3, -0.25) is 19.7 Å². The summed E-state index contributed by atoms with van der Waals surface area (Å²) in [6, 6.07) is 18.9. The minimum Gasteiger partial charge on any atom is -0.385 e. The van der Waals surface area contributed by atoms with Crippen molar-refractivity contribution in [2.45, 2.75) is 63.3 Å². The van der Waals surface area contributed by atoms with E-state index in [0.29, 0.717) is 53.5 Å². The number of nitriles is 1. The van der Waals surface area contributed by atoms with Crippen molar-refractivity contribution in [2.24, 2.45) is 0 Å². The van der Waals surface area contributed by atoms with Gasteiger partial charge in [0.2, 0.25) is 23.3 Å². The Morgan fingerprint density at radius 1 is 1.02 bits per heavy atom. The molecule has 0 radical (unpaired) electrons. The average Bonchev–Trinajstić information content (AvgIpc) is 3.88. The van der Waals surface area contributed by atoms with Crippen molar-refractivity contribution < 1.29 is 26.8 Å². The third-order valence-electron chi connectivity index (χ3n) is 10.3. The molecule has 16 nitrogen and oxygen atoms in total. The highest BCUT2D eigenvalue weighted by molar-refractivity contribution is 7.85. The molecule has 3 aromatic heterocycles. The number of carbonyl (C=O) groups excluding carboxylic acids is 3. The fourth-order valence-corrected chi connectivity index (χ4v) is 8.14. The number of sulfonamides is 1. The Morgan fingerprint density at radius 2 is 1.75 bits per heavy atom. The van der Waals surface area contributed by atoms with E-state index in [2.05, 4.69) is 42.4 Å². The van der Waals surface area contributed by atoms with Gasteiger partial charge in [0, 0.05) is 59.8 Å². The first kappa shape index (κ1) is 38.8. The molecule has 1 fully saturated rings. The van der Waals surface area contributed by atoms with Crippen LogP contribution in [-0.4, -0.2) is 86.5 Å². The Bertz CT molecular complexity index is 2470. The van der Waals surface area contributed by atoms with Gasteiger partial charge in [0.1, 0.15) is 11.4 Å². The number of anilines is 3. The molecule has 2 aromatic carbocycles. The summed E-state index contributed by atoms with van der Waals surface area (Å²) in [5, 5.41) is 26.9. The Morgan fingerprint density at radius 3 is 2.47 bits per heavy atom. The van der Waals surface area contributed by atoms with Gasteiger partial charge in [-0.15, -0.1) is 3.98 Å². The highest BCUT2D eigenvalue weighted by Crippen LogP contribution is 2.32. The van der Waals surface area contributed by atoms with Crippen LogP contribution in [0.5, 0.6) is 0 Å². The Balaban J connectivity index is 0.870. The van der Waals surface area contributed by atoms with Gasteiger partial charge in [-0.25, -0.2) is 9.67 Å². The SMILES string of the molecule is CCS(=O)(=O)[N+]1=CC(CC#N)(n2cc(-c3nc(Nc4ccc(C(=O)NCCCCCCNc5ccc(C6CCC(=O)NC6=O)cc5)cc4)nc4[nH]ccc34)cn2)C1. The number of hydrogen-bond acceptors (Lipinski definition) is 11. The molecule has 17 heteroatoms. The molecule has 5 N–H and O–H groups in total. The Kier molecular flexibility index (Phi) is 11.4. The van der Waals surface area contributed by atoms with Gasteiger partial charge in [0.25, 0.3) is 5.91 Å². The standard InChI is InChI=1S/C40H43N11O5S/c1-2-57(55,56)50-25-40(26-50,18-19-41)51-24-29(23-45-51)35-33-17-22-43-36(33)49-39(48-35)46-31-13-9-28(10-14-31)37(53)44-21-6-4-3-5-20-42-30-11-7-27(8-12-30)32-15-16-34(52)47-38(32)54/h7-14,17,22-25,32,42H,2-6,15-16,18,20-21,26H2,1H3,(H3-,43,44,46,47,48,49,52,53,54)/p+1. The van der Waals surface area contributed by atoms with E-state index in [1.807, 2.05) is 30.3 Å². The molecule has 5 heterocycles. The van der Waals surface area contributed by atoms with Crippen molar-refractivity contribution in [3.63, 3.8) is 0 Å². The van der Waals surface area contributed by atoms with Gasteiger partial charge in [-0.05, 0) is 74.2 Å². The van der Waals surface area contributed by atoms with Crippen LogP contribution in [0.25, 0.3) is 22.3 Å². The summed E-state index contributed by atoms with van der Waals surface area (Å²) in [5.41, 5.74) is 4.11. The first-order chi connectivity index (χ1) is 27.6. The summed E-state index contributed by atoms with van der Waals surface area (Å²) in [5.74, 6) is -0.589. The lowest BCUT2D eigenvalue weighted by Gasteiger charge is -2.30. The average molecular weight is 791 g/mol. The normalized spacial score (nSPS) is 18.0. The lowest BCUT2D eigenvalue weighted by Crippen LogP contribution is -2.56. The molecule has 2 atom stereocenters. The number of piperidine rings is 1. The van der Waals surface area contributed by atoms with Crippen LogP contribution >= 0.6 is 0 Å². The van der Waals surface area contributed by atoms with E-state index >= 15 is 0 Å². The lowest BCUT2D eigenvalue weighted by atomic mass is 9.90. The Hall–Kier alpha value is -6.41. The number of fused-ring (bicyclic) bond motifs is 1. The summed E-state index contributed by atoms with van der Waals surface area (Å²) in [6.07, 6.45) is 11.5. The number of imide groups is 1. The summed E-state index contributed by atoms with van der Waals surface area (Å²) < 4.78 is 27.6. The Labute approximate surface area is 329 Å². The number of rotatable bonds is 17. The van der Waals surface area contributed by atoms with Crippen LogP contribution in [-0.2, 0) is 25.2 Å². The number of carbonyl (C=O) groups is 3. The number of aromatic amines is 1. The van der Waals surface area contributed by atoms with E-state index in [-0.39, 0.29) is 42.4 Å². The fourth-order valence-electron chi connectivity index (χ4n) is 7.03. The maximum absolute atomic E-state index is 12.8. The maximum Gasteiger partial charge on any atom is 0.364 e. The third kappa shape index (κ3) is 8.70. The number of H-pyrrole nitrogens is 1. The first-order valence-corrected chi connectivity index (χ1v) is 20.6. The second-order valence-electron chi connectivity index (χ2n) is 14.2. The number of aromatic nitrogens is 5. The number of benzene rings is 2. The monoisotopic (exact) mass is 790 g/mol. The summed E-state index contributed by atoms with van der Waals surface area (Å²) in [4.78, 5) is 48.9. The van der Waals surface area contributed by atoms with Crippen LogP contribution in [0.1, 0.15) is 73.7 Å². The predicted molar refractivity (Wildman–Crippen MR) is 215 cm³/mol. The van der Waals surface area contributed by atoms with Gasteiger partial charge in [-0.2, -0.15) is 23.8 Å². The van der Waals surface area contributed by atoms with E-state index in [0.717, 1.165) is 48.9 Å². The fraction of sp³-hybridized carbons (Fsp3) is 0.350. The molecular formula is C40H44N11O5S+. The quantitative estimate of drug-likeness (QED) is 0.0500. The maximum atomic E-state index is 12.8. The molecule has 2 aliphatic heterocycles. The highest BCUT2D eigenvalue weighted by atomic mass is 32.2. The number of nitrogens with zero attached hydrogens (tertiary/aromatic N) is 6. The molecular weight excluding hydrogens is 747 g/mol. The van der Waals surface area contributed by atoms with Crippen molar-refractivity contribution in [1.82, 2.24) is 35.4 Å². The summed E-state index contributed by atoms with van der Waals surface area (Å²) in [7, 11) is -3.43. The molecule has 294 valence electrons. The van der Waals surface area contributed by atoms with Crippen LogP contribution in [0.3, 0.4) is 0 Å². The highest BCUT2D eigenvalue weighted by Gasteiger charge is 2.52. The largest absolute Gasteiger partial charge is 0.385 e. The minimum atomic E-state index is -3.43. The number of amides is 3. The molecule has 1 saturated heterocycles. The molecule has 2 unspecified atom stereocenters. The van der Waals surface area contributed by atoms with Crippen LogP contribution in [0.15, 0.2) is 73.2 Å². The second-order valence-corrected chi connectivity index (χ2v) is 16.5. The van der Waals surface area contributed by atoms with Gasteiger partial charge in [0.05, 0.1) is 30.3 Å². The van der Waals surface area contributed by atoms with Gasteiger partial charge in [-0.1, -0.05) is 25.0 Å². The van der Waals surface area contributed by atoms with Crippen molar-refractivity contribution in [2.75, 3.05) is 36.0 Å². The zero-order valence-electron chi connectivity index (χ0n) is 31.5. The topological polar surface area (TPSA) is 220 Å². The van der Waals surface area contributed by atoms with Gasteiger partial charge < -0.3 is 20.9 Å². The van der Waals surface area contributed by atoms with Gasteiger partial charge >= 0.3 is 10.0 Å². The molecule has 7 rings (SSSR count). The van der Waals surface area contributed by atoms with E-state index in [1.54, 1.807) is 60.7 Å². The smallest absolute Gasteiger partial charge is 0.364 e. The first-order valence-electron chi connectivity index (χ1n) is 19.0. The molecule has 0 spiro atoms. The third-order valence-corrected chi connectivity index (χ3v) is 12.0. The molecule has 0 bridgehead atoms. The van der Waals surface area contributed by atoms with E-state index in [1.165, 1.54) is 3.98 Å². The van der Waals surface area contributed by atoms with Crippen molar-refractivity contribution in [3.05, 3.63) is 84.3 Å². The van der Waals surface area contributed by atoms with Crippen molar-refractivity contribution in [3.8, 4) is 17.3 Å². The van der Waals surface area contributed by atoms with E-state index in [4.69, 9.17) is 4.98 Å². The van der Waals surface area contributed by atoms with Crippen LogP contribution in [0.4, 0.5) is 17.3 Å².